The lowest BCUT2D eigenvalue weighted by molar-refractivity contribution is -0.148. The van der Waals surface area contributed by atoms with E-state index < -0.39 is 24.0 Å². The summed E-state index contributed by atoms with van der Waals surface area (Å²) in [5.74, 6) is -1.68. The van der Waals surface area contributed by atoms with E-state index in [1.807, 2.05) is 12.1 Å². The van der Waals surface area contributed by atoms with Crippen molar-refractivity contribution in [3.8, 4) is 11.3 Å². The molecule has 1 unspecified atom stereocenters. The standard InChI is InChI=1S/C21H20N2O5/c1-13-17(19(28-23-13)15-10-6-3-7-11-15)20(25)22-16(18(24)21(26)27)12-14-8-4-2-5-9-14/h2-11,16,18,24H,12H2,1H3,(H,22,25)(H,26,27)/t16-,18?/m0/s1. The van der Waals surface area contributed by atoms with Crippen LogP contribution in [-0.2, 0) is 11.2 Å². The molecule has 28 heavy (non-hydrogen) atoms. The van der Waals surface area contributed by atoms with Crippen LogP contribution in [0.3, 0.4) is 0 Å². The highest BCUT2D eigenvalue weighted by atomic mass is 16.5. The van der Waals surface area contributed by atoms with Crippen LogP contribution in [0.5, 0.6) is 0 Å². The Labute approximate surface area is 161 Å². The molecule has 7 heteroatoms. The Hall–Kier alpha value is -3.45. The SMILES string of the molecule is Cc1noc(-c2ccccc2)c1C(=O)N[C@@H](Cc1ccccc1)C(O)C(=O)O. The van der Waals surface area contributed by atoms with E-state index in [9.17, 15) is 19.8 Å². The number of aliphatic carboxylic acids is 1. The van der Waals surface area contributed by atoms with E-state index in [-0.39, 0.29) is 12.0 Å². The Morgan fingerprint density at radius 1 is 1.07 bits per heavy atom. The van der Waals surface area contributed by atoms with Gasteiger partial charge in [-0.2, -0.15) is 0 Å². The van der Waals surface area contributed by atoms with Gasteiger partial charge in [0.25, 0.3) is 5.91 Å². The number of aliphatic hydroxyl groups excluding tert-OH is 1. The monoisotopic (exact) mass is 380 g/mol. The summed E-state index contributed by atoms with van der Waals surface area (Å²) in [5, 5.41) is 25.8. The summed E-state index contributed by atoms with van der Waals surface area (Å²) in [4.78, 5) is 24.3. The molecule has 1 aromatic heterocycles. The van der Waals surface area contributed by atoms with Crippen LogP contribution >= 0.6 is 0 Å². The van der Waals surface area contributed by atoms with Crippen LogP contribution in [0.1, 0.15) is 21.6 Å². The summed E-state index contributed by atoms with van der Waals surface area (Å²) < 4.78 is 5.32. The van der Waals surface area contributed by atoms with Gasteiger partial charge in [-0.3, -0.25) is 4.79 Å². The lowest BCUT2D eigenvalue weighted by Gasteiger charge is -2.21. The van der Waals surface area contributed by atoms with E-state index in [1.54, 1.807) is 55.5 Å². The van der Waals surface area contributed by atoms with Gasteiger partial charge in [0.2, 0.25) is 0 Å². The Bertz CT molecular complexity index is 953. The maximum absolute atomic E-state index is 12.9. The lowest BCUT2D eigenvalue weighted by atomic mass is 10.00. The van der Waals surface area contributed by atoms with Crippen LogP contribution in [-0.4, -0.2) is 39.4 Å². The normalized spacial score (nSPS) is 12.9. The van der Waals surface area contributed by atoms with Crippen LogP contribution in [0.15, 0.2) is 65.2 Å². The minimum Gasteiger partial charge on any atom is -0.479 e. The number of benzene rings is 2. The van der Waals surface area contributed by atoms with Gasteiger partial charge < -0.3 is 20.1 Å². The number of hydrogen-bond donors (Lipinski definition) is 3. The molecule has 3 rings (SSSR count). The summed E-state index contributed by atoms with van der Waals surface area (Å²) in [7, 11) is 0. The molecule has 3 N–H and O–H groups in total. The summed E-state index contributed by atoms with van der Waals surface area (Å²) >= 11 is 0. The Balaban J connectivity index is 1.88. The quantitative estimate of drug-likeness (QED) is 0.580. The Morgan fingerprint density at radius 2 is 1.68 bits per heavy atom. The highest BCUT2D eigenvalue weighted by Gasteiger charge is 2.30. The van der Waals surface area contributed by atoms with Gasteiger partial charge in [-0.05, 0) is 18.9 Å². The molecule has 144 valence electrons. The molecule has 0 aliphatic rings. The lowest BCUT2D eigenvalue weighted by Crippen LogP contribution is -2.48. The molecule has 0 saturated carbocycles. The van der Waals surface area contributed by atoms with E-state index in [2.05, 4.69) is 10.5 Å². The van der Waals surface area contributed by atoms with Crippen molar-refractivity contribution in [1.29, 1.82) is 0 Å². The van der Waals surface area contributed by atoms with E-state index in [4.69, 9.17) is 4.52 Å². The predicted molar refractivity (Wildman–Crippen MR) is 102 cm³/mol. The minimum absolute atomic E-state index is 0.158. The van der Waals surface area contributed by atoms with Crippen LogP contribution in [0.2, 0.25) is 0 Å². The first kappa shape index (κ1) is 19.3. The molecule has 1 amide bonds. The van der Waals surface area contributed by atoms with Crippen molar-refractivity contribution in [3.63, 3.8) is 0 Å². The second-order valence-electron chi connectivity index (χ2n) is 6.39. The zero-order valence-corrected chi connectivity index (χ0v) is 15.2. The maximum Gasteiger partial charge on any atom is 0.334 e. The summed E-state index contributed by atoms with van der Waals surface area (Å²) in [6.45, 7) is 1.63. The van der Waals surface area contributed by atoms with Gasteiger partial charge in [0.05, 0.1) is 11.7 Å². The number of aliphatic hydroxyl groups is 1. The Morgan fingerprint density at radius 3 is 2.29 bits per heavy atom. The third-order valence-electron chi connectivity index (χ3n) is 4.37. The second kappa shape index (κ2) is 8.49. The number of amides is 1. The van der Waals surface area contributed by atoms with E-state index in [1.165, 1.54) is 0 Å². The van der Waals surface area contributed by atoms with Gasteiger partial charge >= 0.3 is 5.97 Å². The third-order valence-corrected chi connectivity index (χ3v) is 4.37. The van der Waals surface area contributed by atoms with Crippen LogP contribution in [0.25, 0.3) is 11.3 Å². The first-order valence-corrected chi connectivity index (χ1v) is 8.74. The van der Waals surface area contributed by atoms with Crippen LogP contribution in [0, 0.1) is 6.92 Å². The first-order chi connectivity index (χ1) is 13.5. The zero-order valence-electron chi connectivity index (χ0n) is 15.2. The molecule has 2 atom stereocenters. The summed E-state index contributed by atoms with van der Waals surface area (Å²) in [6, 6.07) is 17.0. The molecule has 7 nitrogen and oxygen atoms in total. The van der Waals surface area contributed by atoms with E-state index in [0.29, 0.717) is 17.0 Å². The zero-order chi connectivity index (χ0) is 20.1. The van der Waals surface area contributed by atoms with Gasteiger partial charge in [0, 0.05) is 5.56 Å². The van der Waals surface area contributed by atoms with Crippen LogP contribution in [0.4, 0.5) is 0 Å². The van der Waals surface area contributed by atoms with Crippen molar-refractivity contribution in [1.82, 2.24) is 10.5 Å². The number of rotatable bonds is 7. The molecule has 0 aliphatic carbocycles. The molecule has 1 heterocycles. The topological polar surface area (TPSA) is 113 Å². The number of hydrogen-bond acceptors (Lipinski definition) is 5. The largest absolute Gasteiger partial charge is 0.479 e. The molecule has 0 bridgehead atoms. The Kier molecular flexibility index (Phi) is 5.86. The number of carbonyl (C=O) groups excluding carboxylic acids is 1. The molecular formula is C21H20N2O5. The molecule has 0 fully saturated rings. The van der Waals surface area contributed by atoms with Crippen molar-refractivity contribution in [2.75, 3.05) is 0 Å². The van der Waals surface area contributed by atoms with E-state index >= 15 is 0 Å². The predicted octanol–water partition coefficient (Wildman–Crippen LogP) is 2.44. The van der Waals surface area contributed by atoms with Crippen LogP contribution < -0.4 is 5.32 Å². The number of aromatic nitrogens is 1. The van der Waals surface area contributed by atoms with Gasteiger partial charge in [-0.25, -0.2) is 4.79 Å². The number of nitrogens with zero attached hydrogens (tertiary/aromatic N) is 1. The highest BCUT2D eigenvalue weighted by molar-refractivity contribution is 6.01. The number of aryl methyl sites for hydroxylation is 1. The molecule has 3 aromatic rings. The molecule has 0 saturated heterocycles. The first-order valence-electron chi connectivity index (χ1n) is 8.74. The molecule has 0 spiro atoms. The summed E-state index contributed by atoms with van der Waals surface area (Å²) in [5.41, 5.74) is 2.05. The molecule has 0 aliphatic heterocycles. The number of carboxylic acids is 1. The minimum atomic E-state index is -1.76. The summed E-state index contributed by atoms with van der Waals surface area (Å²) in [6.07, 6.45) is -1.60. The van der Waals surface area contributed by atoms with Crippen molar-refractivity contribution in [2.24, 2.45) is 0 Å². The van der Waals surface area contributed by atoms with Crippen molar-refractivity contribution >= 4 is 11.9 Å². The van der Waals surface area contributed by atoms with Crippen molar-refractivity contribution < 1.29 is 24.3 Å². The van der Waals surface area contributed by atoms with Gasteiger partial charge in [-0.1, -0.05) is 65.8 Å². The fourth-order valence-corrected chi connectivity index (χ4v) is 2.95. The number of carboxylic acid groups (broad SMARTS) is 1. The molecular weight excluding hydrogens is 360 g/mol. The third kappa shape index (κ3) is 4.27. The van der Waals surface area contributed by atoms with Crippen molar-refractivity contribution in [3.05, 3.63) is 77.5 Å². The second-order valence-corrected chi connectivity index (χ2v) is 6.39. The van der Waals surface area contributed by atoms with Crippen molar-refractivity contribution in [2.45, 2.75) is 25.5 Å². The van der Waals surface area contributed by atoms with Gasteiger partial charge in [0.1, 0.15) is 5.56 Å². The maximum atomic E-state index is 12.9. The fourth-order valence-electron chi connectivity index (χ4n) is 2.95. The average molecular weight is 380 g/mol. The average Bonchev–Trinajstić information content (AvgIpc) is 3.10. The molecule has 0 radical (unpaired) electrons. The highest BCUT2D eigenvalue weighted by Crippen LogP contribution is 2.26. The smallest absolute Gasteiger partial charge is 0.334 e. The van der Waals surface area contributed by atoms with Gasteiger partial charge in [0.15, 0.2) is 11.9 Å². The van der Waals surface area contributed by atoms with E-state index in [0.717, 1.165) is 5.56 Å². The number of nitrogens with one attached hydrogen (secondary N) is 1. The fraction of sp³-hybridized carbons (Fsp3) is 0.190. The number of carbonyl (C=O) groups is 2. The molecule has 2 aromatic carbocycles. The van der Waals surface area contributed by atoms with Gasteiger partial charge in [-0.15, -0.1) is 0 Å².